The molecule has 0 spiro atoms. The highest BCUT2D eigenvalue weighted by Gasteiger charge is 2.56. The number of aliphatic hydroxyl groups is 1. The normalized spacial score (nSPS) is 38.1. The van der Waals surface area contributed by atoms with Gasteiger partial charge in [-0.2, -0.15) is 0 Å². The van der Waals surface area contributed by atoms with E-state index in [4.69, 9.17) is 23.7 Å². The summed E-state index contributed by atoms with van der Waals surface area (Å²) in [7, 11) is 3.89. The fraction of sp³-hybridized carbons (Fsp3) is 0.917. The van der Waals surface area contributed by atoms with Crippen molar-refractivity contribution in [3.63, 3.8) is 0 Å². The summed E-state index contributed by atoms with van der Waals surface area (Å²) >= 11 is 0. The number of hydrogen-bond acceptors (Lipinski definition) is 11. The molecule has 2 N–H and O–H groups in total. The average molecular weight is 682 g/mol. The number of ketones is 1. The fourth-order valence-corrected chi connectivity index (χ4v) is 8.43. The maximum Gasteiger partial charge on any atom is 0.408 e. The van der Waals surface area contributed by atoms with E-state index in [1.54, 1.807) is 6.92 Å². The zero-order valence-corrected chi connectivity index (χ0v) is 31.0. The summed E-state index contributed by atoms with van der Waals surface area (Å²) in [4.78, 5) is 42.8. The summed E-state index contributed by atoms with van der Waals surface area (Å²) in [5.41, 5.74) is -1.86. The van der Waals surface area contributed by atoms with Crippen LogP contribution in [0.2, 0.25) is 0 Å². The van der Waals surface area contributed by atoms with Gasteiger partial charge in [0.25, 0.3) is 0 Å². The molecule has 48 heavy (non-hydrogen) atoms. The smallest absolute Gasteiger partial charge is 0.408 e. The number of hydrogen-bond donors (Lipinski definition) is 2. The molecule has 1 amide bonds. The lowest BCUT2D eigenvalue weighted by atomic mass is 9.78. The number of carbonyl (C=O) groups excluding carboxylic acids is 3. The Kier molecular flexibility index (Phi) is 13.0. The van der Waals surface area contributed by atoms with Gasteiger partial charge < -0.3 is 39.0 Å². The number of esters is 1. The fourth-order valence-electron chi connectivity index (χ4n) is 8.43. The molecule has 1 saturated carbocycles. The topological polar surface area (TPSA) is 136 Å². The Hall–Kier alpha value is -1.83. The van der Waals surface area contributed by atoms with Crippen molar-refractivity contribution in [2.24, 2.45) is 11.8 Å². The summed E-state index contributed by atoms with van der Waals surface area (Å²) in [6.07, 6.45) is 1.64. The van der Waals surface area contributed by atoms with Crippen molar-refractivity contribution in [1.82, 2.24) is 15.1 Å². The Morgan fingerprint density at radius 3 is 2.44 bits per heavy atom. The first-order valence-electron chi connectivity index (χ1n) is 18.3. The predicted octanol–water partition coefficient (Wildman–Crippen LogP) is 4.05. The number of nitrogens with one attached hydrogen (secondary N) is 1. The van der Waals surface area contributed by atoms with Crippen molar-refractivity contribution in [2.45, 2.75) is 173 Å². The van der Waals surface area contributed by atoms with E-state index in [2.05, 4.69) is 24.1 Å². The molecule has 12 heteroatoms. The van der Waals surface area contributed by atoms with Gasteiger partial charge in [-0.3, -0.25) is 14.5 Å². The number of rotatable bonds is 14. The van der Waals surface area contributed by atoms with Crippen molar-refractivity contribution in [2.75, 3.05) is 27.2 Å². The van der Waals surface area contributed by atoms with Crippen molar-refractivity contribution >= 4 is 17.8 Å². The molecule has 4 fully saturated rings. The number of carbonyl (C=O) groups is 3. The van der Waals surface area contributed by atoms with E-state index in [0.29, 0.717) is 44.8 Å². The maximum atomic E-state index is 13.3. The molecule has 3 saturated heterocycles. The maximum absolute atomic E-state index is 13.3. The minimum absolute atomic E-state index is 0.111. The van der Waals surface area contributed by atoms with Crippen molar-refractivity contribution < 1.29 is 43.2 Å². The summed E-state index contributed by atoms with van der Waals surface area (Å²) in [5, 5.41) is 14.4. The standard InChI is InChI=1S/C36H63N3O9/c1-11-28(46-29(41)12-2)36(8)31(37-34(43)48-36)24(6)39(25-15-16-25)20-21(3)19-35(7)32(23(5)27(40)14-13-17-44-35)47-33-30(42)26(38(9)10)18-22(4)45-33/h21-26,28,30-33,42H,11-20H2,1-10H3,(H,37,43)/t21-,22?,23+,24-,26?,28-,30?,31-,32-,33+,35?,36-/m1/s1. The van der Waals surface area contributed by atoms with E-state index >= 15 is 0 Å². The van der Waals surface area contributed by atoms with E-state index in [0.717, 1.165) is 19.4 Å². The third-order valence-corrected chi connectivity index (χ3v) is 11.2. The molecule has 3 heterocycles. The van der Waals surface area contributed by atoms with Gasteiger partial charge in [0, 0.05) is 50.0 Å². The minimum atomic E-state index is -1.03. The van der Waals surface area contributed by atoms with E-state index in [-0.39, 0.29) is 42.3 Å². The van der Waals surface area contributed by atoms with Crippen molar-refractivity contribution in [3.8, 4) is 0 Å². The van der Waals surface area contributed by atoms with Gasteiger partial charge in [0.2, 0.25) is 0 Å². The third-order valence-electron chi connectivity index (χ3n) is 11.2. The molecule has 0 bridgehead atoms. The third kappa shape index (κ3) is 8.72. The molecule has 4 rings (SSSR count). The summed E-state index contributed by atoms with van der Waals surface area (Å²) in [5.74, 6) is -0.529. The van der Waals surface area contributed by atoms with Crippen LogP contribution >= 0.6 is 0 Å². The van der Waals surface area contributed by atoms with Crippen LogP contribution in [0, 0.1) is 11.8 Å². The highest BCUT2D eigenvalue weighted by atomic mass is 16.7. The first-order chi connectivity index (χ1) is 22.5. The Labute approximate surface area is 287 Å². The summed E-state index contributed by atoms with van der Waals surface area (Å²) < 4.78 is 31.2. The molecule has 0 aromatic carbocycles. The second-order valence-corrected chi connectivity index (χ2v) is 15.6. The lowest BCUT2D eigenvalue weighted by Gasteiger charge is -2.48. The van der Waals surface area contributed by atoms with Crippen molar-refractivity contribution in [1.29, 1.82) is 0 Å². The lowest BCUT2D eigenvalue weighted by Crippen LogP contribution is -2.61. The van der Waals surface area contributed by atoms with Crippen LogP contribution < -0.4 is 5.32 Å². The largest absolute Gasteiger partial charge is 0.458 e. The highest BCUT2D eigenvalue weighted by Crippen LogP contribution is 2.40. The van der Waals surface area contributed by atoms with E-state index in [1.807, 2.05) is 53.6 Å². The van der Waals surface area contributed by atoms with Crippen LogP contribution in [0.15, 0.2) is 0 Å². The molecule has 4 aliphatic rings. The predicted molar refractivity (Wildman–Crippen MR) is 180 cm³/mol. The number of aliphatic hydroxyl groups excluding tert-OH is 1. The van der Waals surface area contributed by atoms with Gasteiger partial charge in [-0.05, 0) is 86.2 Å². The summed E-state index contributed by atoms with van der Waals surface area (Å²) in [6, 6.07) is -0.289. The number of cyclic esters (lactones) is 1. The Bertz CT molecular complexity index is 1120. The van der Waals surface area contributed by atoms with Gasteiger partial charge in [0.05, 0.1) is 23.9 Å². The van der Waals surface area contributed by atoms with E-state index in [1.165, 1.54) is 0 Å². The van der Waals surface area contributed by atoms with Gasteiger partial charge in [0.15, 0.2) is 11.9 Å². The first-order valence-corrected chi connectivity index (χ1v) is 18.3. The molecule has 0 aromatic heterocycles. The second kappa shape index (κ2) is 16.0. The molecule has 0 aromatic rings. The molecule has 0 radical (unpaired) electrons. The zero-order valence-electron chi connectivity index (χ0n) is 31.0. The monoisotopic (exact) mass is 681 g/mol. The average Bonchev–Trinajstić information content (AvgIpc) is 3.82. The quantitative estimate of drug-likeness (QED) is 0.257. The Balaban J connectivity index is 1.55. The molecule has 276 valence electrons. The summed E-state index contributed by atoms with van der Waals surface area (Å²) in [6.45, 7) is 16.9. The van der Waals surface area contributed by atoms with Crippen LogP contribution in [-0.2, 0) is 33.3 Å². The number of Topliss-reactive ketones (excluding diaryl/α,β-unsaturated/α-hetero) is 1. The van der Waals surface area contributed by atoms with Crippen LogP contribution in [0.4, 0.5) is 4.79 Å². The van der Waals surface area contributed by atoms with Gasteiger partial charge in [-0.15, -0.1) is 0 Å². The first kappa shape index (κ1) is 39.0. The van der Waals surface area contributed by atoms with Gasteiger partial charge >= 0.3 is 12.1 Å². The molecular formula is C36H63N3O9. The zero-order chi connectivity index (χ0) is 35.6. The van der Waals surface area contributed by atoms with Gasteiger partial charge in [0.1, 0.15) is 18.0 Å². The molecule has 3 aliphatic heterocycles. The van der Waals surface area contributed by atoms with Gasteiger partial charge in [-0.1, -0.05) is 27.7 Å². The Morgan fingerprint density at radius 1 is 1.15 bits per heavy atom. The molecular weight excluding hydrogens is 618 g/mol. The second-order valence-electron chi connectivity index (χ2n) is 15.6. The number of likely N-dealkylation sites (N-methyl/N-ethyl adjacent to an activating group) is 1. The number of nitrogens with zero attached hydrogens (tertiary/aromatic N) is 2. The molecule has 12 nitrogen and oxygen atoms in total. The van der Waals surface area contributed by atoms with Crippen LogP contribution in [0.3, 0.4) is 0 Å². The van der Waals surface area contributed by atoms with Gasteiger partial charge in [-0.25, -0.2) is 4.79 Å². The van der Waals surface area contributed by atoms with E-state index < -0.39 is 53.9 Å². The molecule has 4 unspecified atom stereocenters. The van der Waals surface area contributed by atoms with Crippen LogP contribution in [-0.4, -0.2) is 126 Å². The lowest BCUT2D eigenvalue weighted by molar-refractivity contribution is -0.298. The van der Waals surface area contributed by atoms with Crippen LogP contribution in [0.5, 0.6) is 0 Å². The van der Waals surface area contributed by atoms with Crippen molar-refractivity contribution in [3.05, 3.63) is 0 Å². The van der Waals surface area contributed by atoms with E-state index in [9.17, 15) is 19.5 Å². The molecule has 1 aliphatic carbocycles. The van der Waals surface area contributed by atoms with Crippen LogP contribution in [0.25, 0.3) is 0 Å². The number of ether oxygens (including phenoxy) is 5. The molecule has 12 atom stereocenters. The van der Waals surface area contributed by atoms with Crippen LogP contribution in [0.1, 0.15) is 107 Å². The highest BCUT2D eigenvalue weighted by molar-refractivity contribution is 5.81. The SMILES string of the molecule is CCC(=O)O[C@H](CC)[C@@]1(C)OC(=O)N[C@@H]1[C@@H](C)N(C[C@H](C)CC1(C)OCCCC(=O)[C@H](C)[C@H]1O[C@@H]1OC(C)CC(N(C)C)C1O)C1CC1. The number of alkyl carbamates (subject to hydrolysis) is 1. The number of amides is 1. The Morgan fingerprint density at radius 2 is 1.83 bits per heavy atom. The minimum Gasteiger partial charge on any atom is -0.458 e.